The molecule has 1 aliphatic carbocycles. The van der Waals surface area contributed by atoms with Crippen LogP contribution in [-0.4, -0.2) is 32.3 Å². The monoisotopic (exact) mass is 302 g/mol. The molecule has 6 heteroatoms. The zero-order valence-electron chi connectivity index (χ0n) is 11.4. The molecule has 0 spiro atoms. The number of rotatable bonds is 8. The van der Waals surface area contributed by atoms with Crippen LogP contribution >= 0.6 is 11.3 Å². The highest BCUT2D eigenvalue weighted by Gasteiger charge is 2.26. The van der Waals surface area contributed by atoms with Crippen LogP contribution in [0.1, 0.15) is 32.3 Å². The predicted molar refractivity (Wildman–Crippen MR) is 80.0 cm³/mol. The average Bonchev–Trinajstić information content (AvgIpc) is 3.02. The molecule has 0 saturated heterocycles. The summed E-state index contributed by atoms with van der Waals surface area (Å²) in [5, 5.41) is 6.94. The van der Waals surface area contributed by atoms with E-state index in [4.69, 9.17) is 0 Å². The normalized spacial score (nSPS) is 19.3. The molecule has 1 aliphatic rings. The van der Waals surface area contributed by atoms with Crippen molar-refractivity contribution in [2.75, 3.05) is 6.54 Å². The van der Waals surface area contributed by atoms with Gasteiger partial charge in [0.15, 0.2) is 0 Å². The molecule has 1 heterocycles. The van der Waals surface area contributed by atoms with Gasteiger partial charge in [0.1, 0.15) is 0 Å². The Morgan fingerprint density at radius 2 is 2.16 bits per heavy atom. The van der Waals surface area contributed by atoms with Gasteiger partial charge in [-0.3, -0.25) is 0 Å². The van der Waals surface area contributed by atoms with Crippen molar-refractivity contribution in [3.8, 4) is 0 Å². The van der Waals surface area contributed by atoms with Crippen LogP contribution in [0, 0.1) is 0 Å². The minimum atomic E-state index is -3.24. The quantitative estimate of drug-likeness (QED) is 0.769. The van der Waals surface area contributed by atoms with E-state index in [1.54, 1.807) is 18.3 Å². The molecule has 2 rings (SSSR count). The van der Waals surface area contributed by atoms with E-state index < -0.39 is 15.3 Å². The van der Waals surface area contributed by atoms with Crippen molar-refractivity contribution in [3.63, 3.8) is 0 Å². The van der Waals surface area contributed by atoms with Crippen LogP contribution < -0.4 is 10.0 Å². The highest BCUT2D eigenvalue weighted by molar-refractivity contribution is 7.90. The molecule has 0 aliphatic heterocycles. The molecule has 1 fully saturated rings. The van der Waals surface area contributed by atoms with E-state index in [0.717, 1.165) is 6.42 Å². The summed E-state index contributed by atoms with van der Waals surface area (Å²) in [7, 11) is -3.24. The Balaban J connectivity index is 1.80. The van der Waals surface area contributed by atoms with E-state index in [2.05, 4.69) is 15.4 Å². The molecule has 108 valence electrons. The van der Waals surface area contributed by atoms with E-state index in [1.165, 1.54) is 18.4 Å². The van der Waals surface area contributed by atoms with Crippen molar-refractivity contribution in [3.05, 3.63) is 22.4 Å². The van der Waals surface area contributed by atoms with Crippen molar-refractivity contribution in [1.82, 2.24) is 10.0 Å². The first-order valence-corrected chi connectivity index (χ1v) is 9.22. The van der Waals surface area contributed by atoms with Crippen LogP contribution in [-0.2, 0) is 16.4 Å². The second kappa shape index (κ2) is 6.35. The Morgan fingerprint density at radius 3 is 2.74 bits per heavy atom. The Labute approximate surface area is 119 Å². The Morgan fingerprint density at radius 1 is 1.42 bits per heavy atom. The number of hydrogen-bond donors (Lipinski definition) is 2. The third-order valence-electron chi connectivity index (χ3n) is 3.29. The van der Waals surface area contributed by atoms with E-state index in [-0.39, 0.29) is 6.04 Å². The predicted octanol–water partition coefficient (Wildman–Crippen LogP) is 1.74. The minimum absolute atomic E-state index is 0.0667. The number of nitrogens with one attached hydrogen (secondary N) is 2. The third kappa shape index (κ3) is 4.87. The van der Waals surface area contributed by atoms with Crippen molar-refractivity contribution in [2.24, 2.45) is 0 Å². The van der Waals surface area contributed by atoms with Gasteiger partial charge in [-0.25, -0.2) is 13.1 Å². The van der Waals surface area contributed by atoms with Gasteiger partial charge >= 0.3 is 0 Å². The Hall–Kier alpha value is -0.430. The molecule has 1 aromatic heterocycles. The van der Waals surface area contributed by atoms with Crippen LogP contribution in [0.2, 0.25) is 0 Å². The van der Waals surface area contributed by atoms with Crippen molar-refractivity contribution in [2.45, 2.75) is 50.4 Å². The lowest BCUT2D eigenvalue weighted by Crippen LogP contribution is -2.43. The Kier molecular flexibility index (Phi) is 5.00. The molecule has 0 radical (unpaired) electrons. The smallest absolute Gasteiger partial charge is 0.215 e. The topological polar surface area (TPSA) is 58.2 Å². The van der Waals surface area contributed by atoms with E-state index in [0.29, 0.717) is 12.6 Å². The molecule has 19 heavy (non-hydrogen) atoms. The molecule has 2 unspecified atom stereocenters. The first kappa shape index (κ1) is 15.0. The summed E-state index contributed by atoms with van der Waals surface area (Å²) < 4.78 is 27.1. The van der Waals surface area contributed by atoms with Gasteiger partial charge in [0.05, 0.1) is 5.25 Å². The fraction of sp³-hybridized carbons (Fsp3) is 0.692. The first-order chi connectivity index (χ1) is 8.97. The molecule has 2 atom stereocenters. The molecule has 4 nitrogen and oxygen atoms in total. The molecule has 1 saturated carbocycles. The molecule has 1 aromatic rings. The van der Waals surface area contributed by atoms with Crippen LogP contribution in [0.5, 0.6) is 0 Å². The summed E-state index contributed by atoms with van der Waals surface area (Å²) in [6, 6.07) is 2.51. The molecular weight excluding hydrogens is 280 g/mol. The summed E-state index contributed by atoms with van der Waals surface area (Å²) in [5.41, 5.74) is 1.18. The summed E-state index contributed by atoms with van der Waals surface area (Å²) >= 11 is 1.64. The van der Waals surface area contributed by atoms with Gasteiger partial charge in [0, 0.05) is 18.6 Å². The molecule has 0 aromatic carbocycles. The standard InChI is InChI=1S/C13H22N2O2S2/c1-10(7-12-5-6-18-9-12)15-19(16,17)11(2)8-14-13-3-4-13/h5-6,9-11,13-15H,3-4,7-8H2,1-2H3. The van der Waals surface area contributed by atoms with E-state index >= 15 is 0 Å². The highest BCUT2D eigenvalue weighted by atomic mass is 32.2. The fourth-order valence-electron chi connectivity index (χ4n) is 1.93. The lowest BCUT2D eigenvalue weighted by molar-refractivity contribution is 0.539. The van der Waals surface area contributed by atoms with Gasteiger partial charge in [-0.2, -0.15) is 11.3 Å². The maximum Gasteiger partial charge on any atom is 0.215 e. The van der Waals surface area contributed by atoms with Crippen LogP contribution in [0.25, 0.3) is 0 Å². The average molecular weight is 302 g/mol. The summed E-state index contributed by atoms with van der Waals surface area (Å²) in [4.78, 5) is 0. The van der Waals surface area contributed by atoms with E-state index in [9.17, 15) is 8.42 Å². The lowest BCUT2D eigenvalue weighted by atomic mass is 10.1. The van der Waals surface area contributed by atoms with Gasteiger partial charge in [-0.15, -0.1) is 0 Å². The van der Waals surface area contributed by atoms with Crippen molar-refractivity contribution in [1.29, 1.82) is 0 Å². The van der Waals surface area contributed by atoms with Gasteiger partial charge in [-0.1, -0.05) is 0 Å². The van der Waals surface area contributed by atoms with Gasteiger partial charge in [0.2, 0.25) is 10.0 Å². The van der Waals surface area contributed by atoms with Crippen molar-refractivity contribution < 1.29 is 8.42 Å². The molecule has 0 bridgehead atoms. The molecule has 0 amide bonds. The number of sulfonamides is 1. The highest BCUT2D eigenvalue weighted by Crippen LogP contribution is 2.18. The number of thiophene rings is 1. The summed E-state index contributed by atoms with van der Waals surface area (Å²) in [6.07, 6.45) is 3.09. The van der Waals surface area contributed by atoms with Gasteiger partial charge in [-0.05, 0) is 55.5 Å². The second-order valence-corrected chi connectivity index (χ2v) is 8.30. The van der Waals surface area contributed by atoms with Gasteiger partial charge in [0.25, 0.3) is 0 Å². The van der Waals surface area contributed by atoms with Crippen LogP contribution in [0.3, 0.4) is 0 Å². The Bertz CT molecular complexity index is 481. The second-order valence-electron chi connectivity index (χ2n) is 5.39. The molecule has 2 N–H and O–H groups in total. The third-order valence-corrected chi connectivity index (χ3v) is 5.98. The van der Waals surface area contributed by atoms with Crippen LogP contribution in [0.4, 0.5) is 0 Å². The van der Waals surface area contributed by atoms with E-state index in [1.807, 2.05) is 18.4 Å². The minimum Gasteiger partial charge on any atom is -0.313 e. The zero-order chi connectivity index (χ0) is 13.9. The van der Waals surface area contributed by atoms with Crippen molar-refractivity contribution >= 4 is 21.4 Å². The summed E-state index contributed by atoms with van der Waals surface area (Å²) in [5.74, 6) is 0. The maximum absolute atomic E-state index is 12.2. The zero-order valence-corrected chi connectivity index (χ0v) is 13.1. The first-order valence-electron chi connectivity index (χ1n) is 6.73. The SMILES string of the molecule is CC(Cc1ccsc1)NS(=O)(=O)C(C)CNC1CC1. The number of hydrogen-bond acceptors (Lipinski definition) is 4. The van der Waals surface area contributed by atoms with Gasteiger partial charge < -0.3 is 5.32 Å². The molecular formula is C13H22N2O2S2. The fourth-order valence-corrected chi connectivity index (χ4v) is 3.80. The van der Waals surface area contributed by atoms with Crippen LogP contribution in [0.15, 0.2) is 16.8 Å². The summed E-state index contributed by atoms with van der Waals surface area (Å²) in [6.45, 7) is 4.20. The lowest BCUT2D eigenvalue weighted by Gasteiger charge is -2.18. The maximum atomic E-state index is 12.2. The largest absolute Gasteiger partial charge is 0.313 e.